The Hall–Kier alpha value is -0.860. The lowest BCUT2D eigenvalue weighted by Crippen LogP contribution is -2.50. The molecule has 0 bridgehead atoms. The van der Waals surface area contributed by atoms with E-state index in [2.05, 4.69) is 14.4 Å². The summed E-state index contributed by atoms with van der Waals surface area (Å²) in [6.45, 7) is 5.64. The van der Waals surface area contributed by atoms with Gasteiger partial charge in [0.2, 0.25) is 10.0 Å². The molecule has 0 aromatic rings. The molecule has 1 rings (SSSR count). The number of nitrogens with one attached hydrogen (secondary N) is 1. The standard InChI is InChI=1S/C11H23N3O4S/c1-3-10-19(16,17)12-4-5-13-6-8-14(9-7-13)11(15)18-2/h12H,3-10H2,1-2H3. The van der Waals surface area contributed by atoms with E-state index in [-0.39, 0.29) is 11.8 Å². The number of carbonyl (C=O) groups excluding carboxylic acids is 1. The van der Waals surface area contributed by atoms with Gasteiger partial charge in [0.15, 0.2) is 0 Å². The molecule has 1 N–H and O–H groups in total. The summed E-state index contributed by atoms with van der Waals surface area (Å²) in [6, 6.07) is 0. The molecular weight excluding hydrogens is 270 g/mol. The Morgan fingerprint density at radius 2 is 1.89 bits per heavy atom. The first-order valence-electron chi connectivity index (χ1n) is 6.51. The third-order valence-corrected chi connectivity index (χ3v) is 4.62. The molecule has 0 aromatic carbocycles. The average molecular weight is 293 g/mol. The highest BCUT2D eigenvalue weighted by atomic mass is 32.2. The van der Waals surface area contributed by atoms with Gasteiger partial charge in [-0.25, -0.2) is 17.9 Å². The minimum Gasteiger partial charge on any atom is -0.453 e. The molecule has 1 heterocycles. The minimum atomic E-state index is -3.12. The molecule has 0 spiro atoms. The molecule has 1 aliphatic rings. The summed E-state index contributed by atoms with van der Waals surface area (Å²) in [7, 11) is -1.75. The minimum absolute atomic E-state index is 0.170. The number of sulfonamides is 1. The molecular formula is C11H23N3O4S. The molecule has 0 saturated carbocycles. The highest BCUT2D eigenvalue weighted by Gasteiger charge is 2.21. The van der Waals surface area contributed by atoms with Crippen LogP contribution >= 0.6 is 0 Å². The van der Waals surface area contributed by atoms with E-state index < -0.39 is 10.0 Å². The van der Waals surface area contributed by atoms with E-state index in [1.54, 1.807) is 4.90 Å². The highest BCUT2D eigenvalue weighted by Crippen LogP contribution is 2.02. The summed E-state index contributed by atoms with van der Waals surface area (Å²) in [4.78, 5) is 15.1. The molecule has 1 amide bonds. The van der Waals surface area contributed by atoms with Gasteiger partial charge in [0.25, 0.3) is 0 Å². The van der Waals surface area contributed by atoms with Crippen molar-refractivity contribution in [1.29, 1.82) is 0 Å². The predicted molar refractivity (Wildman–Crippen MR) is 72.5 cm³/mol. The van der Waals surface area contributed by atoms with Gasteiger partial charge in [-0.1, -0.05) is 6.92 Å². The number of carbonyl (C=O) groups is 1. The van der Waals surface area contributed by atoms with Crippen molar-refractivity contribution in [3.05, 3.63) is 0 Å². The molecule has 112 valence electrons. The van der Waals surface area contributed by atoms with Crippen molar-refractivity contribution in [1.82, 2.24) is 14.5 Å². The molecule has 19 heavy (non-hydrogen) atoms. The van der Waals surface area contributed by atoms with Gasteiger partial charge in [0.05, 0.1) is 12.9 Å². The van der Waals surface area contributed by atoms with Crippen molar-refractivity contribution in [2.24, 2.45) is 0 Å². The van der Waals surface area contributed by atoms with Crippen LogP contribution in [-0.4, -0.2) is 76.4 Å². The molecule has 0 atom stereocenters. The van der Waals surface area contributed by atoms with Gasteiger partial charge < -0.3 is 9.64 Å². The molecule has 1 aliphatic heterocycles. The number of rotatable bonds is 6. The Morgan fingerprint density at radius 3 is 2.42 bits per heavy atom. The van der Waals surface area contributed by atoms with E-state index in [1.165, 1.54) is 7.11 Å². The molecule has 0 unspecified atom stereocenters. The number of piperazine rings is 1. The summed E-state index contributed by atoms with van der Waals surface area (Å²) in [5.41, 5.74) is 0. The first kappa shape index (κ1) is 16.2. The maximum atomic E-state index is 11.5. The van der Waals surface area contributed by atoms with Gasteiger partial charge in [0, 0.05) is 39.3 Å². The van der Waals surface area contributed by atoms with E-state index in [0.29, 0.717) is 32.6 Å². The SMILES string of the molecule is CCCS(=O)(=O)NCCN1CCN(C(=O)OC)CC1. The topological polar surface area (TPSA) is 79.0 Å². The maximum Gasteiger partial charge on any atom is 0.409 e. The zero-order valence-corrected chi connectivity index (χ0v) is 12.4. The van der Waals surface area contributed by atoms with Crippen molar-refractivity contribution in [2.75, 3.05) is 52.1 Å². The van der Waals surface area contributed by atoms with Gasteiger partial charge in [-0.3, -0.25) is 4.90 Å². The Bertz CT molecular complexity index is 377. The maximum absolute atomic E-state index is 11.5. The van der Waals surface area contributed by atoms with Crippen LogP contribution in [0.15, 0.2) is 0 Å². The van der Waals surface area contributed by atoms with Gasteiger partial charge in [-0.2, -0.15) is 0 Å². The summed E-state index contributed by atoms with van der Waals surface area (Å²) in [6.07, 6.45) is 0.316. The summed E-state index contributed by atoms with van der Waals surface area (Å²) in [5.74, 6) is 0.170. The van der Waals surface area contributed by atoms with Crippen molar-refractivity contribution < 1.29 is 17.9 Å². The van der Waals surface area contributed by atoms with Crippen molar-refractivity contribution >= 4 is 16.1 Å². The second kappa shape index (κ2) is 7.66. The zero-order chi connectivity index (χ0) is 14.3. The molecule has 0 radical (unpaired) electrons. The fourth-order valence-electron chi connectivity index (χ4n) is 1.98. The lowest BCUT2D eigenvalue weighted by atomic mass is 10.3. The molecule has 0 aliphatic carbocycles. The number of hydrogen-bond donors (Lipinski definition) is 1. The Labute approximate surface area is 114 Å². The largest absolute Gasteiger partial charge is 0.453 e. The quantitative estimate of drug-likeness (QED) is 0.727. The second-order valence-electron chi connectivity index (χ2n) is 4.51. The van der Waals surface area contributed by atoms with Gasteiger partial charge in [0.1, 0.15) is 0 Å². The van der Waals surface area contributed by atoms with Gasteiger partial charge >= 0.3 is 6.09 Å². The molecule has 0 aromatic heterocycles. The van der Waals surface area contributed by atoms with Crippen LogP contribution in [-0.2, 0) is 14.8 Å². The molecule has 8 heteroatoms. The normalized spacial score (nSPS) is 17.5. The van der Waals surface area contributed by atoms with Gasteiger partial charge in [-0.05, 0) is 6.42 Å². The van der Waals surface area contributed by atoms with Crippen LogP contribution in [0.25, 0.3) is 0 Å². The zero-order valence-electron chi connectivity index (χ0n) is 11.6. The van der Waals surface area contributed by atoms with Crippen molar-refractivity contribution in [3.8, 4) is 0 Å². The van der Waals surface area contributed by atoms with Crippen molar-refractivity contribution in [2.45, 2.75) is 13.3 Å². The second-order valence-corrected chi connectivity index (χ2v) is 6.44. The first-order chi connectivity index (χ1) is 8.98. The molecule has 7 nitrogen and oxygen atoms in total. The monoisotopic (exact) mass is 293 g/mol. The van der Waals surface area contributed by atoms with Crippen molar-refractivity contribution in [3.63, 3.8) is 0 Å². The van der Waals surface area contributed by atoms with Crippen LogP contribution in [0.1, 0.15) is 13.3 Å². The first-order valence-corrected chi connectivity index (χ1v) is 8.16. The fraction of sp³-hybridized carbons (Fsp3) is 0.909. The Balaban J connectivity index is 2.21. The summed E-state index contributed by atoms with van der Waals surface area (Å²) in [5, 5.41) is 0. The number of ether oxygens (including phenoxy) is 1. The van der Waals surface area contributed by atoms with E-state index in [9.17, 15) is 13.2 Å². The number of amides is 1. The van der Waals surface area contributed by atoms with Crippen LogP contribution in [0, 0.1) is 0 Å². The Kier molecular flexibility index (Phi) is 6.53. The third kappa shape index (κ3) is 5.75. The van der Waals surface area contributed by atoms with Crippen LogP contribution in [0.5, 0.6) is 0 Å². The van der Waals surface area contributed by atoms with E-state index >= 15 is 0 Å². The molecule has 1 saturated heterocycles. The number of methoxy groups -OCH3 is 1. The molecule has 1 fully saturated rings. The van der Waals surface area contributed by atoms with E-state index in [1.807, 2.05) is 6.92 Å². The lowest BCUT2D eigenvalue weighted by Gasteiger charge is -2.33. The third-order valence-electron chi connectivity index (χ3n) is 3.03. The summed E-state index contributed by atoms with van der Waals surface area (Å²) < 4.78 is 30.1. The van der Waals surface area contributed by atoms with E-state index in [4.69, 9.17) is 0 Å². The van der Waals surface area contributed by atoms with Crippen LogP contribution in [0.2, 0.25) is 0 Å². The predicted octanol–water partition coefficient (Wildman–Crippen LogP) is -0.300. The van der Waals surface area contributed by atoms with Crippen LogP contribution < -0.4 is 4.72 Å². The van der Waals surface area contributed by atoms with Crippen LogP contribution in [0.3, 0.4) is 0 Å². The number of nitrogens with zero attached hydrogens (tertiary/aromatic N) is 2. The summed E-state index contributed by atoms with van der Waals surface area (Å²) >= 11 is 0. The average Bonchev–Trinajstić information content (AvgIpc) is 2.38. The van der Waals surface area contributed by atoms with E-state index in [0.717, 1.165) is 13.1 Å². The van der Waals surface area contributed by atoms with Gasteiger partial charge in [-0.15, -0.1) is 0 Å². The highest BCUT2D eigenvalue weighted by molar-refractivity contribution is 7.89. The lowest BCUT2D eigenvalue weighted by molar-refractivity contribution is 0.0918. The van der Waals surface area contributed by atoms with Crippen LogP contribution in [0.4, 0.5) is 4.79 Å². The fourth-order valence-corrected chi connectivity index (χ4v) is 3.07. The number of hydrogen-bond acceptors (Lipinski definition) is 5. The smallest absolute Gasteiger partial charge is 0.409 e. The Morgan fingerprint density at radius 1 is 1.26 bits per heavy atom.